The lowest BCUT2D eigenvalue weighted by Gasteiger charge is -2.12. The molecule has 0 heterocycles. The van der Waals surface area contributed by atoms with Crippen LogP contribution in [-0.4, -0.2) is 26.2 Å². The van der Waals surface area contributed by atoms with Gasteiger partial charge in [0, 0.05) is 24.2 Å². The van der Waals surface area contributed by atoms with Crippen LogP contribution in [0.25, 0.3) is 0 Å². The van der Waals surface area contributed by atoms with Crippen LogP contribution >= 0.6 is 0 Å². The van der Waals surface area contributed by atoms with Gasteiger partial charge in [0.05, 0.1) is 14.2 Å². The number of carbonyl (C=O) groups is 1. The Bertz CT molecular complexity index is 421. The SMILES string of the molecule is CCCC(N)CC(=O)Nc1ccc(OC)c(OC)c1. The van der Waals surface area contributed by atoms with Crippen molar-refractivity contribution < 1.29 is 14.3 Å². The molecule has 0 saturated heterocycles. The van der Waals surface area contributed by atoms with Gasteiger partial charge in [0.15, 0.2) is 11.5 Å². The third-order valence-corrected chi connectivity index (χ3v) is 2.77. The van der Waals surface area contributed by atoms with E-state index in [0.717, 1.165) is 12.8 Å². The Morgan fingerprint density at radius 3 is 2.58 bits per heavy atom. The highest BCUT2D eigenvalue weighted by Gasteiger charge is 2.10. The Kier molecular flexibility index (Phi) is 6.15. The number of anilines is 1. The third-order valence-electron chi connectivity index (χ3n) is 2.77. The number of nitrogens with one attached hydrogen (secondary N) is 1. The van der Waals surface area contributed by atoms with Gasteiger partial charge in [-0.25, -0.2) is 0 Å². The average Bonchev–Trinajstić information content (AvgIpc) is 2.38. The summed E-state index contributed by atoms with van der Waals surface area (Å²) < 4.78 is 10.3. The first-order valence-electron chi connectivity index (χ1n) is 6.38. The number of methoxy groups -OCH3 is 2. The number of hydrogen-bond donors (Lipinski definition) is 2. The van der Waals surface area contributed by atoms with Crippen molar-refractivity contribution in [1.82, 2.24) is 0 Å². The summed E-state index contributed by atoms with van der Waals surface area (Å²) in [4.78, 5) is 11.8. The van der Waals surface area contributed by atoms with Gasteiger partial charge < -0.3 is 20.5 Å². The molecule has 1 atom stereocenters. The molecule has 0 bridgehead atoms. The zero-order valence-corrected chi connectivity index (χ0v) is 11.7. The van der Waals surface area contributed by atoms with E-state index in [9.17, 15) is 4.79 Å². The zero-order valence-electron chi connectivity index (χ0n) is 11.7. The smallest absolute Gasteiger partial charge is 0.225 e. The van der Waals surface area contributed by atoms with E-state index in [1.165, 1.54) is 0 Å². The minimum atomic E-state index is -0.0925. The van der Waals surface area contributed by atoms with Gasteiger partial charge in [-0.3, -0.25) is 4.79 Å². The highest BCUT2D eigenvalue weighted by atomic mass is 16.5. The molecule has 0 aliphatic rings. The van der Waals surface area contributed by atoms with Gasteiger partial charge in [-0.2, -0.15) is 0 Å². The minimum absolute atomic E-state index is 0.0897. The molecule has 0 aliphatic heterocycles. The molecule has 0 aliphatic carbocycles. The number of nitrogens with two attached hydrogens (primary N) is 1. The van der Waals surface area contributed by atoms with E-state index in [1.54, 1.807) is 32.4 Å². The summed E-state index contributed by atoms with van der Waals surface area (Å²) in [6.45, 7) is 2.05. The summed E-state index contributed by atoms with van der Waals surface area (Å²) in [5.41, 5.74) is 6.51. The molecule has 3 N–H and O–H groups in total. The number of rotatable bonds is 7. The Hall–Kier alpha value is -1.75. The molecule has 5 heteroatoms. The predicted molar refractivity (Wildman–Crippen MR) is 75.7 cm³/mol. The molecule has 0 radical (unpaired) electrons. The van der Waals surface area contributed by atoms with Gasteiger partial charge in [-0.15, -0.1) is 0 Å². The maximum Gasteiger partial charge on any atom is 0.225 e. The monoisotopic (exact) mass is 266 g/mol. The maximum absolute atomic E-state index is 11.8. The van der Waals surface area contributed by atoms with E-state index in [4.69, 9.17) is 15.2 Å². The number of carbonyl (C=O) groups excluding carboxylic acids is 1. The van der Waals surface area contributed by atoms with E-state index in [2.05, 4.69) is 5.32 Å². The molecule has 1 aromatic carbocycles. The predicted octanol–water partition coefficient (Wildman–Crippen LogP) is 2.16. The normalized spacial score (nSPS) is 11.8. The second-order valence-electron chi connectivity index (χ2n) is 4.37. The van der Waals surface area contributed by atoms with Crippen molar-refractivity contribution in [3.8, 4) is 11.5 Å². The van der Waals surface area contributed by atoms with Crippen LogP contribution in [0.5, 0.6) is 11.5 Å². The van der Waals surface area contributed by atoms with Crippen molar-refractivity contribution in [2.75, 3.05) is 19.5 Å². The fraction of sp³-hybridized carbons (Fsp3) is 0.500. The van der Waals surface area contributed by atoms with Gasteiger partial charge in [0.2, 0.25) is 5.91 Å². The number of hydrogen-bond acceptors (Lipinski definition) is 4. The van der Waals surface area contributed by atoms with E-state index in [1.807, 2.05) is 6.92 Å². The maximum atomic E-state index is 11.8. The Balaban J connectivity index is 2.64. The van der Waals surface area contributed by atoms with Crippen LogP contribution < -0.4 is 20.5 Å². The van der Waals surface area contributed by atoms with E-state index in [0.29, 0.717) is 23.6 Å². The van der Waals surface area contributed by atoms with Gasteiger partial charge in [0.1, 0.15) is 0 Å². The molecule has 1 rings (SSSR count). The molecule has 19 heavy (non-hydrogen) atoms. The first-order chi connectivity index (χ1) is 9.10. The average molecular weight is 266 g/mol. The largest absolute Gasteiger partial charge is 0.493 e. The van der Waals surface area contributed by atoms with Crippen LogP contribution in [0.4, 0.5) is 5.69 Å². The van der Waals surface area contributed by atoms with Gasteiger partial charge in [-0.05, 0) is 18.6 Å². The fourth-order valence-electron chi connectivity index (χ4n) is 1.84. The molecule has 1 aromatic rings. The molecule has 0 saturated carbocycles. The molecule has 0 fully saturated rings. The first-order valence-corrected chi connectivity index (χ1v) is 6.38. The van der Waals surface area contributed by atoms with Crippen LogP contribution in [0.15, 0.2) is 18.2 Å². The van der Waals surface area contributed by atoms with Gasteiger partial charge >= 0.3 is 0 Å². The van der Waals surface area contributed by atoms with Gasteiger partial charge in [0.25, 0.3) is 0 Å². The topological polar surface area (TPSA) is 73.6 Å². The van der Waals surface area contributed by atoms with Crippen LogP contribution in [0.3, 0.4) is 0 Å². The molecule has 1 amide bonds. The van der Waals surface area contributed by atoms with Crippen molar-refractivity contribution in [3.63, 3.8) is 0 Å². The molecule has 0 spiro atoms. The lowest BCUT2D eigenvalue weighted by atomic mass is 10.1. The van der Waals surface area contributed by atoms with Crippen LogP contribution in [0.2, 0.25) is 0 Å². The summed E-state index contributed by atoms with van der Waals surface area (Å²) in [5, 5.41) is 2.80. The zero-order chi connectivity index (χ0) is 14.3. The summed E-state index contributed by atoms with van der Waals surface area (Å²) in [5.74, 6) is 1.12. The summed E-state index contributed by atoms with van der Waals surface area (Å²) in [6.07, 6.45) is 2.15. The summed E-state index contributed by atoms with van der Waals surface area (Å²) >= 11 is 0. The molecular formula is C14H22N2O3. The second kappa shape index (κ2) is 7.63. The minimum Gasteiger partial charge on any atom is -0.493 e. The molecule has 1 unspecified atom stereocenters. The van der Waals surface area contributed by atoms with Crippen molar-refractivity contribution in [1.29, 1.82) is 0 Å². The third kappa shape index (κ3) is 4.79. The quantitative estimate of drug-likeness (QED) is 0.793. The van der Waals surface area contributed by atoms with Crippen LogP contribution in [0, 0.1) is 0 Å². The molecule has 0 aromatic heterocycles. The van der Waals surface area contributed by atoms with Crippen molar-refractivity contribution in [2.45, 2.75) is 32.2 Å². The molecule has 5 nitrogen and oxygen atoms in total. The van der Waals surface area contributed by atoms with Crippen LogP contribution in [0.1, 0.15) is 26.2 Å². The highest BCUT2D eigenvalue weighted by Crippen LogP contribution is 2.29. The number of benzene rings is 1. The van der Waals surface area contributed by atoms with Crippen molar-refractivity contribution in [2.24, 2.45) is 5.73 Å². The van der Waals surface area contributed by atoms with Gasteiger partial charge in [-0.1, -0.05) is 13.3 Å². The second-order valence-corrected chi connectivity index (χ2v) is 4.37. The van der Waals surface area contributed by atoms with E-state index < -0.39 is 0 Å². The van der Waals surface area contributed by atoms with E-state index >= 15 is 0 Å². The first kappa shape index (κ1) is 15.3. The highest BCUT2D eigenvalue weighted by molar-refractivity contribution is 5.91. The standard InChI is InChI=1S/C14H22N2O3/c1-4-5-10(15)8-14(17)16-11-6-7-12(18-2)13(9-11)19-3/h6-7,9-10H,4-5,8,15H2,1-3H3,(H,16,17). The van der Waals surface area contributed by atoms with Crippen molar-refractivity contribution in [3.05, 3.63) is 18.2 Å². The fourth-order valence-corrected chi connectivity index (χ4v) is 1.84. The Labute approximate surface area is 114 Å². The Morgan fingerprint density at radius 1 is 1.32 bits per heavy atom. The lowest BCUT2D eigenvalue weighted by Crippen LogP contribution is -2.26. The van der Waals surface area contributed by atoms with Crippen LogP contribution in [-0.2, 0) is 4.79 Å². The number of amides is 1. The lowest BCUT2D eigenvalue weighted by molar-refractivity contribution is -0.116. The molecule has 106 valence electrons. The summed E-state index contributed by atoms with van der Waals surface area (Å²) in [6, 6.07) is 5.15. The van der Waals surface area contributed by atoms with Crippen molar-refractivity contribution >= 4 is 11.6 Å². The number of ether oxygens (including phenoxy) is 2. The summed E-state index contributed by atoms with van der Waals surface area (Å²) in [7, 11) is 3.13. The molecular weight excluding hydrogens is 244 g/mol. The van der Waals surface area contributed by atoms with E-state index in [-0.39, 0.29) is 11.9 Å². The Morgan fingerprint density at radius 2 is 2.00 bits per heavy atom.